The number of rotatable bonds is 7. The lowest BCUT2D eigenvalue weighted by atomic mass is 9.57. The fourth-order valence-electron chi connectivity index (χ4n) is 6.19. The standard InChI is InChI=1S/C22H40O4/c1-14(2)11-20(22(24)25-3)26-21(23)18-10-6-9-17-12-15-7-4-5-8-16(15)13-19(17)18/h14-24H,4-13H2,1-3H3/t15?,16?,17-,18?,19?,20?,21?,22?/m0/s1. The van der Waals surface area contributed by atoms with Crippen LogP contribution in [0.1, 0.15) is 78.1 Å². The van der Waals surface area contributed by atoms with Crippen LogP contribution in [0.25, 0.3) is 0 Å². The van der Waals surface area contributed by atoms with E-state index >= 15 is 0 Å². The Hall–Kier alpha value is -0.160. The molecule has 0 heterocycles. The number of hydrogen-bond acceptors (Lipinski definition) is 4. The molecule has 0 saturated heterocycles. The van der Waals surface area contributed by atoms with Gasteiger partial charge in [-0.25, -0.2) is 0 Å². The molecule has 0 amide bonds. The zero-order valence-corrected chi connectivity index (χ0v) is 17.0. The summed E-state index contributed by atoms with van der Waals surface area (Å²) < 4.78 is 11.1. The lowest BCUT2D eigenvalue weighted by Crippen LogP contribution is -2.46. The van der Waals surface area contributed by atoms with E-state index in [1.807, 2.05) is 0 Å². The number of methoxy groups -OCH3 is 1. The molecule has 7 unspecified atom stereocenters. The second kappa shape index (κ2) is 9.36. The van der Waals surface area contributed by atoms with Crippen molar-refractivity contribution in [2.75, 3.05) is 7.11 Å². The predicted octanol–water partition coefficient (Wildman–Crippen LogP) is 4.33. The highest BCUT2D eigenvalue weighted by Crippen LogP contribution is 2.52. The summed E-state index contributed by atoms with van der Waals surface area (Å²) >= 11 is 0. The van der Waals surface area contributed by atoms with E-state index in [1.54, 1.807) is 0 Å². The molecule has 3 fully saturated rings. The Morgan fingerprint density at radius 2 is 1.54 bits per heavy atom. The van der Waals surface area contributed by atoms with Gasteiger partial charge in [0.1, 0.15) is 6.10 Å². The minimum Gasteiger partial charge on any atom is -0.368 e. The van der Waals surface area contributed by atoms with Crippen LogP contribution in [0.3, 0.4) is 0 Å². The monoisotopic (exact) mass is 368 g/mol. The molecule has 0 radical (unpaired) electrons. The molecular weight excluding hydrogens is 328 g/mol. The van der Waals surface area contributed by atoms with Crippen molar-refractivity contribution in [3.8, 4) is 0 Å². The summed E-state index contributed by atoms with van der Waals surface area (Å²) in [4.78, 5) is 0. The number of ether oxygens (including phenoxy) is 2. The number of aliphatic hydroxyl groups excluding tert-OH is 2. The molecule has 0 aromatic carbocycles. The maximum absolute atomic E-state index is 10.9. The SMILES string of the molecule is COC(O)C(CC(C)C)OC(O)C1CCC[C@H]2CC3CCCCC3CC12. The molecule has 2 N–H and O–H groups in total. The van der Waals surface area contributed by atoms with Crippen molar-refractivity contribution >= 4 is 0 Å². The largest absolute Gasteiger partial charge is 0.368 e. The summed E-state index contributed by atoms with van der Waals surface area (Å²) in [6.45, 7) is 4.21. The smallest absolute Gasteiger partial charge is 0.180 e. The van der Waals surface area contributed by atoms with Crippen molar-refractivity contribution in [3.05, 3.63) is 0 Å². The van der Waals surface area contributed by atoms with E-state index in [0.29, 0.717) is 18.3 Å². The number of fused-ring (bicyclic) bond motifs is 2. The summed E-state index contributed by atoms with van der Waals surface area (Å²) in [5.74, 6) is 3.77. The molecule has 0 aromatic heterocycles. The average Bonchev–Trinajstić information content (AvgIpc) is 2.64. The van der Waals surface area contributed by atoms with Crippen LogP contribution in [0.2, 0.25) is 0 Å². The summed E-state index contributed by atoms with van der Waals surface area (Å²) in [7, 11) is 1.49. The van der Waals surface area contributed by atoms with Gasteiger partial charge in [-0.2, -0.15) is 0 Å². The van der Waals surface area contributed by atoms with E-state index in [9.17, 15) is 10.2 Å². The Morgan fingerprint density at radius 1 is 0.885 bits per heavy atom. The van der Waals surface area contributed by atoms with Crippen molar-refractivity contribution in [1.82, 2.24) is 0 Å². The van der Waals surface area contributed by atoms with Crippen LogP contribution in [0.5, 0.6) is 0 Å². The Balaban J connectivity index is 1.64. The van der Waals surface area contributed by atoms with E-state index in [1.165, 1.54) is 58.5 Å². The molecule has 152 valence electrons. The summed E-state index contributed by atoms with van der Waals surface area (Å²) in [6, 6.07) is 0. The van der Waals surface area contributed by atoms with Gasteiger partial charge in [-0.3, -0.25) is 0 Å². The Bertz CT molecular complexity index is 426. The lowest BCUT2D eigenvalue weighted by Gasteiger charge is -2.50. The van der Waals surface area contributed by atoms with Crippen molar-refractivity contribution in [3.63, 3.8) is 0 Å². The van der Waals surface area contributed by atoms with Crippen LogP contribution in [-0.2, 0) is 9.47 Å². The van der Waals surface area contributed by atoms with Gasteiger partial charge < -0.3 is 19.7 Å². The van der Waals surface area contributed by atoms with Gasteiger partial charge >= 0.3 is 0 Å². The van der Waals surface area contributed by atoms with Crippen LogP contribution in [-0.4, -0.2) is 36.0 Å². The Labute approximate surface area is 159 Å². The zero-order chi connectivity index (χ0) is 18.7. The molecule has 8 atom stereocenters. The summed E-state index contributed by atoms with van der Waals surface area (Å²) in [5, 5.41) is 21.1. The first-order chi connectivity index (χ1) is 12.5. The highest BCUT2D eigenvalue weighted by atomic mass is 16.7. The Kier molecular flexibility index (Phi) is 7.40. The molecule has 3 rings (SSSR count). The van der Waals surface area contributed by atoms with Gasteiger partial charge in [0.15, 0.2) is 12.6 Å². The molecule has 3 aliphatic carbocycles. The van der Waals surface area contributed by atoms with E-state index in [-0.39, 0.29) is 5.92 Å². The topological polar surface area (TPSA) is 58.9 Å². The average molecular weight is 369 g/mol. The third kappa shape index (κ3) is 4.81. The molecule has 0 aromatic rings. The van der Waals surface area contributed by atoms with Gasteiger partial charge in [0.2, 0.25) is 0 Å². The quantitative estimate of drug-likeness (QED) is 0.657. The van der Waals surface area contributed by atoms with Crippen LogP contribution < -0.4 is 0 Å². The predicted molar refractivity (Wildman–Crippen MR) is 102 cm³/mol. The molecular formula is C22H40O4. The maximum atomic E-state index is 10.9. The van der Waals surface area contributed by atoms with E-state index in [0.717, 1.165) is 24.2 Å². The molecule has 0 aliphatic heterocycles. The molecule has 0 spiro atoms. The Morgan fingerprint density at radius 3 is 2.19 bits per heavy atom. The minimum atomic E-state index is -0.972. The summed E-state index contributed by atoms with van der Waals surface area (Å²) in [5.41, 5.74) is 0. The highest BCUT2D eigenvalue weighted by molar-refractivity contribution is 4.93. The first kappa shape index (κ1) is 20.6. The van der Waals surface area contributed by atoms with Gasteiger partial charge in [0, 0.05) is 13.0 Å². The van der Waals surface area contributed by atoms with Gasteiger partial charge in [0.25, 0.3) is 0 Å². The molecule has 4 heteroatoms. The van der Waals surface area contributed by atoms with Gasteiger partial charge in [-0.05, 0) is 55.3 Å². The molecule has 4 nitrogen and oxygen atoms in total. The lowest BCUT2D eigenvalue weighted by molar-refractivity contribution is -0.250. The maximum Gasteiger partial charge on any atom is 0.180 e. The molecule has 26 heavy (non-hydrogen) atoms. The third-order valence-electron chi connectivity index (χ3n) is 7.46. The van der Waals surface area contributed by atoms with Crippen molar-refractivity contribution < 1.29 is 19.7 Å². The van der Waals surface area contributed by atoms with Crippen LogP contribution >= 0.6 is 0 Å². The first-order valence-corrected chi connectivity index (χ1v) is 11.0. The van der Waals surface area contributed by atoms with Crippen LogP contribution in [0.4, 0.5) is 0 Å². The van der Waals surface area contributed by atoms with Gasteiger partial charge in [-0.15, -0.1) is 0 Å². The summed E-state index contributed by atoms with van der Waals surface area (Å²) in [6.07, 6.45) is 10.3. The fourth-order valence-corrected chi connectivity index (χ4v) is 6.19. The molecule has 3 aliphatic rings. The van der Waals surface area contributed by atoms with Crippen LogP contribution in [0, 0.1) is 35.5 Å². The molecule has 0 bridgehead atoms. The second-order valence-corrected chi connectivity index (χ2v) is 9.62. The van der Waals surface area contributed by atoms with Crippen molar-refractivity contribution in [2.24, 2.45) is 35.5 Å². The van der Waals surface area contributed by atoms with Crippen LogP contribution in [0.15, 0.2) is 0 Å². The third-order valence-corrected chi connectivity index (χ3v) is 7.46. The van der Waals surface area contributed by atoms with Crippen molar-refractivity contribution in [1.29, 1.82) is 0 Å². The number of aliphatic hydroxyl groups is 2. The van der Waals surface area contributed by atoms with E-state index < -0.39 is 18.7 Å². The number of hydrogen-bond donors (Lipinski definition) is 2. The zero-order valence-electron chi connectivity index (χ0n) is 17.0. The normalized spacial score (nSPS) is 38.3. The van der Waals surface area contributed by atoms with Gasteiger partial charge in [0.05, 0.1) is 0 Å². The fraction of sp³-hybridized carbons (Fsp3) is 1.00. The highest BCUT2D eigenvalue weighted by Gasteiger charge is 2.45. The first-order valence-electron chi connectivity index (χ1n) is 11.0. The van der Waals surface area contributed by atoms with Gasteiger partial charge in [-0.1, -0.05) is 52.4 Å². The van der Waals surface area contributed by atoms with E-state index in [2.05, 4.69) is 13.8 Å². The molecule has 3 saturated carbocycles. The second-order valence-electron chi connectivity index (χ2n) is 9.62. The minimum absolute atomic E-state index is 0.218. The van der Waals surface area contributed by atoms with E-state index in [4.69, 9.17) is 9.47 Å². The van der Waals surface area contributed by atoms with Crippen molar-refractivity contribution in [2.45, 2.75) is 96.7 Å².